The fraction of sp³-hybridized carbons (Fsp3) is 0.273. The van der Waals surface area contributed by atoms with Gasteiger partial charge < -0.3 is 15.6 Å². The lowest BCUT2D eigenvalue weighted by Gasteiger charge is -2.15. The number of alkyl halides is 2. The van der Waals surface area contributed by atoms with E-state index in [1.54, 1.807) is 53.2 Å². The van der Waals surface area contributed by atoms with E-state index < -0.39 is 6.67 Å². The number of rotatable bonds is 8. The van der Waals surface area contributed by atoms with Crippen LogP contribution in [0.25, 0.3) is 10.8 Å². The number of carbonyl (C=O) groups is 1. The Kier molecular flexibility index (Phi) is 7.48. The summed E-state index contributed by atoms with van der Waals surface area (Å²) in [4.78, 5) is 25.4. The Morgan fingerprint density at radius 1 is 1.20 bits per heavy atom. The van der Waals surface area contributed by atoms with E-state index in [1.807, 2.05) is 0 Å². The van der Waals surface area contributed by atoms with Gasteiger partial charge in [0.25, 0.3) is 5.56 Å². The summed E-state index contributed by atoms with van der Waals surface area (Å²) in [5, 5.41) is 4.31. The third kappa shape index (κ3) is 5.01. The lowest BCUT2D eigenvalue weighted by Crippen LogP contribution is -2.28. The van der Waals surface area contributed by atoms with Gasteiger partial charge in [0.2, 0.25) is 5.91 Å². The minimum atomic E-state index is -0.696. The van der Waals surface area contributed by atoms with Crippen molar-refractivity contribution in [3.8, 4) is 0 Å². The average Bonchev–Trinajstić information content (AvgIpc) is 2.75. The van der Waals surface area contributed by atoms with Gasteiger partial charge in [-0.3, -0.25) is 9.59 Å². The monoisotopic (exact) mass is 449 g/mol. The number of hydrogen-bond acceptors (Lipinski definition) is 3. The third-order valence-electron chi connectivity index (χ3n) is 4.92. The SMILES string of the molecule is NCC(CCl)Cn1ccc2c(NC(=O)Cc3ccc(Cl)c(CF)c3)cccc2c1=O. The second-order valence-corrected chi connectivity index (χ2v) is 7.80. The molecule has 0 radical (unpaired) electrons. The highest BCUT2D eigenvalue weighted by Crippen LogP contribution is 2.22. The van der Waals surface area contributed by atoms with E-state index in [0.29, 0.717) is 51.6 Å². The first-order valence-electron chi connectivity index (χ1n) is 9.48. The molecule has 0 bridgehead atoms. The van der Waals surface area contributed by atoms with E-state index in [1.165, 1.54) is 0 Å². The summed E-state index contributed by atoms with van der Waals surface area (Å²) in [6.07, 6.45) is 1.74. The Balaban J connectivity index is 1.83. The number of nitrogens with zero attached hydrogens (tertiary/aromatic N) is 1. The van der Waals surface area contributed by atoms with Crippen molar-refractivity contribution < 1.29 is 9.18 Å². The molecule has 0 aliphatic carbocycles. The van der Waals surface area contributed by atoms with Gasteiger partial charge in [-0.05, 0) is 36.4 Å². The van der Waals surface area contributed by atoms with Crippen LogP contribution in [-0.4, -0.2) is 22.9 Å². The molecule has 0 spiro atoms. The molecule has 1 amide bonds. The number of anilines is 1. The average molecular weight is 450 g/mol. The number of nitrogens with two attached hydrogens (primary N) is 1. The van der Waals surface area contributed by atoms with Gasteiger partial charge in [-0.1, -0.05) is 29.8 Å². The van der Waals surface area contributed by atoms with E-state index in [0.717, 1.165) is 0 Å². The van der Waals surface area contributed by atoms with Crippen LogP contribution in [0.1, 0.15) is 11.1 Å². The molecule has 1 aromatic heterocycles. The Hall–Kier alpha value is -2.41. The highest BCUT2D eigenvalue weighted by molar-refractivity contribution is 6.31. The van der Waals surface area contributed by atoms with Gasteiger partial charge in [0.05, 0.1) is 6.42 Å². The summed E-state index contributed by atoms with van der Waals surface area (Å²) in [6, 6.07) is 11.8. The number of amides is 1. The van der Waals surface area contributed by atoms with Crippen LogP contribution in [-0.2, 0) is 24.4 Å². The number of pyridine rings is 1. The number of halogens is 3. The number of benzene rings is 2. The molecule has 158 valence electrons. The molecular formula is C22H22Cl2FN3O2. The zero-order valence-corrected chi connectivity index (χ0v) is 17.7. The maximum atomic E-state index is 13.0. The molecule has 3 rings (SSSR count). The van der Waals surface area contributed by atoms with E-state index in [9.17, 15) is 14.0 Å². The number of nitrogens with one attached hydrogen (secondary N) is 1. The molecule has 0 saturated carbocycles. The number of fused-ring (bicyclic) bond motifs is 1. The second kappa shape index (κ2) is 10.1. The quantitative estimate of drug-likeness (QED) is 0.507. The van der Waals surface area contributed by atoms with Crippen molar-refractivity contribution >= 4 is 45.6 Å². The van der Waals surface area contributed by atoms with Crippen LogP contribution in [0.2, 0.25) is 5.02 Å². The molecule has 30 heavy (non-hydrogen) atoms. The third-order valence-corrected chi connectivity index (χ3v) is 5.72. The van der Waals surface area contributed by atoms with Crippen molar-refractivity contribution in [2.24, 2.45) is 11.7 Å². The smallest absolute Gasteiger partial charge is 0.258 e. The molecule has 0 aliphatic rings. The Morgan fingerprint density at radius 2 is 2.00 bits per heavy atom. The predicted octanol–water partition coefficient (Wildman–Crippen LogP) is 4.12. The highest BCUT2D eigenvalue weighted by atomic mass is 35.5. The molecule has 2 aromatic carbocycles. The topological polar surface area (TPSA) is 77.1 Å². The normalized spacial score (nSPS) is 12.1. The van der Waals surface area contributed by atoms with E-state index in [-0.39, 0.29) is 23.8 Å². The largest absolute Gasteiger partial charge is 0.330 e. The summed E-state index contributed by atoms with van der Waals surface area (Å²) >= 11 is 11.8. The minimum absolute atomic E-state index is 0.00158. The zero-order valence-electron chi connectivity index (χ0n) is 16.2. The lowest BCUT2D eigenvalue weighted by molar-refractivity contribution is -0.115. The van der Waals surface area contributed by atoms with Crippen molar-refractivity contribution in [1.82, 2.24) is 4.57 Å². The molecule has 3 aromatic rings. The number of carbonyl (C=O) groups excluding carboxylic acids is 1. The van der Waals surface area contributed by atoms with Crippen LogP contribution in [0.15, 0.2) is 53.5 Å². The predicted molar refractivity (Wildman–Crippen MR) is 120 cm³/mol. The van der Waals surface area contributed by atoms with Crippen molar-refractivity contribution in [2.45, 2.75) is 19.6 Å². The summed E-state index contributed by atoms with van der Waals surface area (Å²) in [5.74, 6) is 0.0914. The van der Waals surface area contributed by atoms with Crippen LogP contribution in [0, 0.1) is 5.92 Å². The Bertz CT molecular complexity index is 1110. The summed E-state index contributed by atoms with van der Waals surface area (Å²) in [6.45, 7) is 0.121. The van der Waals surface area contributed by atoms with Crippen LogP contribution < -0.4 is 16.6 Å². The highest BCUT2D eigenvalue weighted by Gasteiger charge is 2.13. The molecule has 0 saturated heterocycles. The van der Waals surface area contributed by atoms with Crippen molar-refractivity contribution in [1.29, 1.82) is 0 Å². The van der Waals surface area contributed by atoms with Gasteiger partial charge in [0.15, 0.2) is 0 Å². The Labute approximate surface area is 183 Å². The van der Waals surface area contributed by atoms with Crippen molar-refractivity contribution in [3.63, 3.8) is 0 Å². The molecule has 1 unspecified atom stereocenters. The number of aromatic nitrogens is 1. The molecule has 0 aliphatic heterocycles. The first kappa shape index (κ1) is 22.3. The molecular weight excluding hydrogens is 428 g/mol. The van der Waals surface area contributed by atoms with E-state index in [2.05, 4.69) is 5.32 Å². The molecule has 1 atom stereocenters. The first-order chi connectivity index (χ1) is 14.5. The molecule has 0 fully saturated rings. The molecule has 1 heterocycles. The van der Waals surface area contributed by atoms with Crippen LogP contribution in [0.3, 0.4) is 0 Å². The van der Waals surface area contributed by atoms with Crippen LogP contribution in [0.5, 0.6) is 0 Å². The van der Waals surface area contributed by atoms with Crippen molar-refractivity contribution in [3.05, 3.63) is 75.2 Å². The fourth-order valence-corrected chi connectivity index (χ4v) is 3.65. The van der Waals surface area contributed by atoms with Gasteiger partial charge in [-0.25, -0.2) is 4.39 Å². The van der Waals surface area contributed by atoms with Gasteiger partial charge >= 0.3 is 0 Å². The molecule has 5 nitrogen and oxygen atoms in total. The van der Waals surface area contributed by atoms with Gasteiger partial charge in [-0.15, -0.1) is 11.6 Å². The maximum Gasteiger partial charge on any atom is 0.258 e. The molecule has 8 heteroatoms. The zero-order chi connectivity index (χ0) is 21.7. The van der Waals surface area contributed by atoms with Crippen LogP contribution >= 0.6 is 23.2 Å². The summed E-state index contributed by atoms with van der Waals surface area (Å²) in [7, 11) is 0. The van der Waals surface area contributed by atoms with Gasteiger partial charge in [-0.2, -0.15) is 0 Å². The second-order valence-electron chi connectivity index (χ2n) is 7.08. The first-order valence-corrected chi connectivity index (χ1v) is 10.4. The maximum absolute atomic E-state index is 13.0. The lowest BCUT2D eigenvalue weighted by atomic mass is 10.1. The minimum Gasteiger partial charge on any atom is -0.330 e. The summed E-state index contributed by atoms with van der Waals surface area (Å²) in [5.41, 5.74) is 7.06. The van der Waals surface area contributed by atoms with Crippen LogP contribution in [0.4, 0.5) is 10.1 Å². The standard InChI is InChI=1S/C22H22Cl2FN3O2/c23-10-15(12-26)13-28-7-6-17-18(22(28)30)2-1-3-20(17)27-21(29)9-14-4-5-19(24)16(8-14)11-25/h1-8,15H,9-13,26H2,(H,27,29). The van der Waals surface area contributed by atoms with Gasteiger partial charge in [0.1, 0.15) is 6.67 Å². The van der Waals surface area contributed by atoms with Gasteiger partial charge in [0, 0.05) is 51.6 Å². The van der Waals surface area contributed by atoms with E-state index >= 15 is 0 Å². The summed E-state index contributed by atoms with van der Waals surface area (Å²) < 4.78 is 14.6. The fourth-order valence-electron chi connectivity index (χ4n) is 3.26. The van der Waals surface area contributed by atoms with Crippen molar-refractivity contribution in [2.75, 3.05) is 17.7 Å². The Morgan fingerprint density at radius 3 is 2.70 bits per heavy atom. The van der Waals surface area contributed by atoms with E-state index in [4.69, 9.17) is 28.9 Å². The number of hydrogen-bond donors (Lipinski definition) is 2. The molecule has 3 N–H and O–H groups in total.